The second-order valence-corrected chi connectivity index (χ2v) is 8.53. The lowest BCUT2D eigenvalue weighted by Crippen LogP contribution is -2.50. The van der Waals surface area contributed by atoms with E-state index in [0.717, 1.165) is 11.1 Å². The van der Waals surface area contributed by atoms with Gasteiger partial charge in [0.1, 0.15) is 24.0 Å². The molecule has 1 aromatic carbocycles. The average molecular weight is 460 g/mol. The number of amides is 2. The molecule has 174 valence electrons. The maximum absolute atomic E-state index is 13.1. The largest absolute Gasteiger partial charge is 0.489 e. The van der Waals surface area contributed by atoms with E-state index in [-0.39, 0.29) is 12.5 Å². The maximum atomic E-state index is 13.1. The molecule has 2 N–H and O–H groups in total. The molecule has 34 heavy (non-hydrogen) atoms. The molecule has 9 nitrogen and oxygen atoms in total. The highest BCUT2D eigenvalue weighted by molar-refractivity contribution is 6.00. The lowest BCUT2D eigenvalue weighted by atomic mass is 10.1. The van der Waals surface area contributed by atoms with Gasteiger partial charge in [0.05, 0.1) is 11.9 Å². The zero-order chi connectivity index (χ0) is 24.3. The molecule has 2 amide bonds. The van der Waals surface area contributed by atoms with Crippen molar-refractivity contribution in [3.8, 4) is 17.6 Å². The van der Waals surface area contributed by atoms with Crippen LogP contribution in [-0.2, 0) is 11.2 Å². The van der Waals surface area contributed by atoms with E-state index < -0.39 is 17.7 Å². The normalized spacial score (nSPS) is 15.5. The van der Waals surface area contributed by atoms with Crippen LogP contribution in [0.3, 0.4) is 0 Å². The molecular weight excluding hydrogens is 434 g/mol. The Balaban J connectivity index is 1.46. The number of hydrogen-bond donors (Lipinski definition) is 2. The number of likely N-dealkylation sites (N-methyl/N-ethyl adjacent to an activating group) is 1. The second-order valence-electron chi connectivity index (χ2n) is 8.53. The lowest BCUT2D eigenvalue weighted by molar-refractivity contribution is -0.120. The van der Waals surface area contributed by atoms with E-state index in [1.54, 1.807) is 63.9 Å². The van der Waals surface area contributed by atoms with Crippen LogP contribution in [0.1, 0.15) is 30.5 Å². The van der Waals surface area contributed by atoms with Crippen molar-refractivity contribution in [1.29, 1.82) is 0 Å². The van der Waals surface area contributed by atoms with Crippen LogP contribution in [0.4, 0.5) is 10.5 Å². The molecule has 3 heterocycles. The van der Waals surface area contributed by atoms with Crippen LogP contribution in [0.2, 0.25) is 0 Å². The molecule has 0 saturated carbocycles. The van der Waals surface area contributed by atoms with E-state index in [1.165, 1.54) is 9.58 Å². The van der Waals surface area contributed by atoms with Gasteiger partial charge >= 0.3 is 6.03 Å². The minimum absolute atomic E-state index is 0.0260. The van der Waals surface area contributed by atoms with E-state index in [0.29, 0.717) is 23.4 Å². The van der Waals surface area contributed by atoms with E-state index in [2.05, 4.69) is 27.2 Å². The standard InChI is InChI=1S/C25H25N5O4/c1-25(2,33)9-6-17-4-5-22-21(13-17)29(3)23(31)20(16-34-22)28-24(32)30-15-19(14-27-30)12-18-7-10-26-11-8-18/h4-5,7-8,10-11,13-15,20,33H,12,16H2,1-3H3,(H,28,32)/t20-/m0/s1. The minimum atomic E-state index is -1.13. The van der Waals surface area contributed by atoms with Crippen LogP contribution < -0.4 is 15.0 Å². The van der Waals surface area contributed by atoms with E-state index in [9.17, 15) is 14.7 Å². The van der Waals surface area contributed by atoms with Gasteiger partial charge in [0.2, 0.25) is 0 Å². The van der Waals surface area contributed by atoms with Crippen LogP contribution in [-0.4, -0.2) is 57.1 Å². The topological polar surface area (TPSA) is 110 Å². The number of rotatable bonds is 3. The van der Waals surface area contributed by atoms with Crippen molar-refractivity contribution in [2.75, 3.05) is 18.6 Å². The molecule has 0 unspecified atom stereocenters. The Morgan fingerprint density at radius 1 is 1.26 bits per heavy atom. The van der Waals surface area contributed by atoms with E-state index in [1.807, 2.05) is 12.1 Å². The number of pyridine rings is 1. The first-order valence-corrected chi connectivity index (χ1v) is 10.7. The molecule has 3 aromatic rings. The Kier molecular flexibility index (Phi) is 6.34. The smallest absolute Gasteiger partial charge is 0.342 e. The molecule has 2 aromatic heterocycles. The number of fused-ring (bicyclic) bond motifs is 1. The van der Waals surface area contributed by atoms with Crippen LogP contribution in [0.25, 0.3) is 0 Å². The summed E-state index contributed by atoms with van der Waals surface area (Å²) in [6.07, 6.45) is 7.27. The zero-order valence-corrected chi connectivity index (χ0v) is 19.1. The number of hydrogen-bond acceptors (Lipinski definition) is 6. The third-order valence-corrected chi connectivity index (χ3v) is 5.17. The molecule has 0 saturated heterocycles. The fourth-order valence-electron chi connectivity index (χ4n) is 3.42. The first-order chi connectivity index (χ1) is 16.2. The van der Waals surface area contributed by atoms with Crippen LogP contribution in [0.15, 0.2) is 55.1 Å². The number of anilines is 1. The van der Waals surface area contributed by atoms with Crippen molar-refractivity contribution in [1.82, 2.24) is 20.1 Å². The number of benzene rings is 1. The monoisotopic (exact) mass is 459 g/mol. The van der Waals surface area contributed by atoms with Gasteiger partial charge in [-0.15, -0.1) is 0 Å². The predicted molar refractivity (Wildman–Crippen MR) is 126 cm³/mol. The third-order valence-electron chi connectivity index (χ3n) is 5.17. The van der Waals surface area contributed by atoms with Crippen molar-refractivity contribution >= 4 is 17.6 Å². The van der Waals surface area contributed by atoms with E-state index >= 15 is 0 Å². The molecular formula is C25H25N5O4. The van der Waals surface area contributed by atoms with Crippen LogP contribution in [0, 0.1) is 11.8 Å². The molecule has 1 atom stereocenters. The number of carbonyl (C=O) groups excluding carboxylic acids is 2. The summed E-state index contributed by atoms with van der Waals surface area (Å²) >= 11 is 0. The van der Waals surface area contributed by atoms with Crippen LogP contribution in [0.5, 0.6) is 5.75 Å². The number of nitrogens with one attached hydrogen (secondary N) is 1. The molecule has 1 aliphatic rings. The van der Waals surface area contributed by atoms with Gasteiger partial charge in [-0.25, -0.2) is 4.79 Å². The lowest BCUT2D eigenvalue weighted by Gasteiger charge is -2.20. The third kappa shape index (κ3) is 5.42. The number of carbonyl (C=O) groups is 2. The van der Waals surface area contributed by atoms with Gasteiger partial charge in [-0.3, -0.25) is 9.78 Å². The van der Waals surface area contributed by atoms with Gasteiger partial charge in [-0.1, -0.05) is 11.8 Å². The van der Waals surface area contributed by atoms with Crippen molar-refractivity contribution in [2.24, 2.45) is 0 Å². The second kappa shape index (κ2) is 9.37. The van der Waals surface area contributed by atoms with Gasteiger partial charge in [0.25, 0.3) is 5.91 Å². The Hall–Kier alpha value is -4.16. The molecule has 0 bridgehead atoms. The SMILES string of the molecule is CN1C(=O)[C@@H](NC(=O)n2cc(Cc3ccncc3)cn2)COc2ccc(C#CC(C)(C)O)cc21. The average Bonchev–Trinajstić information content (AvgIpc) is 3.24. The first-order valence-electron chi connectivity index (χ1n) is 10.7. The van der Waals surface area contributed by atoms with Gasteiger partial charge in [0.15, 0.2) is 0 Å². The quantitative estimate of drug-likeness (QED) is 0.580. The zero-order valence-electron chi connectivity index (χ0n) is 19.1. The Morgan fingerprint density at radius 2 is 2.03 bits per heavy atom. The Morgan fingerprint density at radius 3 is 2.76 bits per heavy atom. The van der Waals surface area contributed by atoms with Crippen molar-refractivity contribution in [2.45, 2.75) is 31.9 Å². The molecule has 0 aliphatic carbocycles. The highest BCUT2D eigenvalue weighted by atomic mass is 16.5. The summed E-state index contributed by atoms with van der Waals surface area (Å²) in [5.41, 5.74) is 1.93. The molecule has 0 radical (unpaired) electrons. The number of aromatic nitrogens is 3. The Labute approximate surface area is 197 Å². The first kappa shape index (κ1) is 23.0. The van der Waals surface area contributed by atoms with E-state index in [4.69, 9.17) is 4.74 Å². The van der Waals surface area contributed by atoms with Crippen molar-refractivity contribution in [3.05, 3.63) is 71.8 Å². The van der Waals surface area contributed by atoms with Gasteiger partial charge in [-0.05, 0) is 55.3 Å². The fourth-order valence-corrected chi connectivity index (χ4v) is 3.42. The predicted octanol–water partition coefficient (Wildman–Crippen LogP) is 1.97. The molecule has 4 rings (SSSR count). The number of nitrogens with zero attached hydrogens (tertiary/aromatic N) is 4. The Bertz CT molecular complexity index is 1270. The van der Waals surface area contributed by atoms with Gasteiger partial charge < -0.3 is 20.1 Å². The molecule has 0 spiro atoms. The minimum Gasteiger partial charge on any atom is -0.489 e. The maximum Gasteiger partial charge on any atom is 0.342 e. The highest BCUT2D eigenvalue weighted by Crippen LogP contribution is 2.31. The highest BCUT2D eigenvalue weighted by Gasteiger charge is 2.31. The number of aliphatic hydroxyl groups is 1. The van der Waals surface area contributed by atoms with Gasteiger partial charge in [0, 0.05) is 37.6 Å². The molecule has 9 heteroatoms. The van der Waals surface area contributed by atoms with Crippen LogP contribution >= 0.6 is 0 Å². The molecule has 0 fully saturated rings. The summed E-state index contributed by atoms with van der Waals surface area (Å²) in [5, 5.41) is 16.7. The fraction of sp³-hybridized carbons (Fsp3) is 0.280. The number of ether oxygens (including phenoxy) is 1. The summed E-state index contributed by atoms with van der Waals surface area (Å²) in [6.45, 7) is 3.16. The summed E-state index contributed by atoms with van der Waals surface area (Å²) in [6, 6.07) is 7.55. The molecule has 1 aliphatic heterocycles. The summed E-state index contributed by atoms with van der Waals surface area (Å²) in [7, 11) is 1.61. The summed E-state index contributed by atoms with van der Waals surface area (Å²) < 4.78 is 6.99. The summed E-state index contributed by atoms with van der Waals surface area (Å²) in [5.74, 6) is 5.82. The summed E-state index contributed by atoms with van der Waals surface area (Å²) in [4.78, 5) is 31.3. The van der Waals surface area contributed by atoms with Crippen molar-refractivity contribution in [3.63, 3.8) is 0 Å². The van der Waals surface area contributed by atoms with Gasteiger partial charge in [-0.2, -0.15) is 9.78 Å². The van der Waals surface area contributed by atoms with Crippen molar-refractivity contribution < 1.29 is 19.4 Å².